The van der Waals surface area contributed by atoms with E-state index in [4.69, 9.17) is 4.42 Å². The Morgan fingerprint density at radius 3 is 1.85 bits per heavy atom. The van der Waals surface area contributed by atoms with Crippen molar-refractivity contribution in [1.29, 1.82) is 0 Å². The van der Waals surface area contributed by atoms with Gasteiger partial charge in [0.15, 0.2) is 11.6 Å². The molecule has 4 rings (SSSR count). The van der Waals surface area contributed by atoms with E-state index in [9.17, 15) is 14.7 Å². The van der Waals surface area contributed by atoms with E-state index < -0.39 is 0 Å². The normalized spacial score (nSPS) is 10.9. The molecule has 4 heteroatoms. The molecule has 0 saturated heterocycles. The summed E-state index contributed by atoms with van der Waals surface area (Å²) in [7, 11) is 0. The first-order valence-electron chi connectivity index (χ1n) is 8.52. The van der Waals surface area contributed by atoms with Crippen LogP contribution in [0.4, 0.5) is 0 Å². The third-order valence-electron chi connectivity index (χ3n) is 4.46. The smallest absolute Gasteiger partial charge is 0.196 e. The standard InChI is InChI=1S/C23H16O4/c1-14-12-18-22(26)17(20(24)15-8-4-2-5-9-15)13-19(23(18)27-14)21(25)16-10-6-3-7-11-16/h2-13,26H,1H3. The Balaban J connectivity index is 1.95. The molecule has 0 amide bonds. The van der Waals surface area contributed by atoms with E-state index in [2.05, 4.69) is 0 Å². The molecular weight excluding hydrogens is 340 g/mol. The average molecular weight is 356 g/mol. The van der Waals surface area contributed by atoms with Crippen LogP contribution in [0.15, 0.2) is 77.2 Å². The molecule has 0 aliphatic heterocycles. The minimum atomic E-state index is -0.351. The molecule has 1 heterocycles. The van der Waals surface area contributed by atoms with E-state index in [0.717, 1.165) is 0 Å². The first kappa shape index (κ1) is 16.8. The monoisotopic (exact) mass is 356 g/mol. The van der Waals surface area contributed by atoms with Crippen LogP contribution in [-0.2, 0) is 0 Å². The summed E-state index contributed by atoms with van der Waals surface area (Å²) >= 11 is 0. The highest BCUT2D eigenvalue weighted by molar-refractivity contribution is 6.20. The first-order valence-corrected chi connectivity index (χ1v) is 8.52. The number of benzene rings is 3. The van der Waals surface area contributed by atoms with E-state index in [1.807, 2.05) is 12.1 Å². The number of rotatable bonds is 4. The molecule has 0 radical (unpaired) electrons. The van der Waals surface area contributed by atoms with Gasteiger partial charge in [0.25, 0.3) is 0 Å². The molecule has 0 saturated carbocycles. The molecule has 4 aromatic rings. The molecule has 3 aromatic carbocycles. The van der Waals surface area contributed by atoms with E-state index in [-0.39, 0.29) is 34.0 Å². The maximum Gasteiger partial charge on any atom is 0.196 e. The van der Waals surface area contributed by atoms with E-state index >= 15 is 0 Å². The predicted octanol–water partition coefficient (Wildman–Crippen LogP) is 4.91. The molecule has 0 atom stereocenters. The second kappa shape index (κ2) is 6.57. The Labute approximate surface area is 155 Å². The van der Waals surface area contributed by atoms with Gasteiger partial charge < -0.3 is 9.52 Å². The minimum absolute atomic E-state index is 0.0776. The quantitative estimate of drug-likeness (QED) is 0.528. The fourth-order valence-electron chi connectivity index (χ4n) is 3.15. The molecule has 0 spiro atoms. The summed E-state index contributed by atoms with van der Waals surface area (Å²) in [5, 5.41) is 11.0. The lowest BCUT2D eigenvalue weighted by molar-refractivity contribution is 0.103. The predicted molar refractivity (Wildman–Crippen MR) is 102 cm³/mol. The SMILES string of the molecule is Cc1cc2c(O)c(C(=O)c3ccccc3)cc(C(=O)c3ccccc3)c2o1. The van der Waals surface area contributed by atoms with Crippen molar-refractivity contribution in [3.63, 3.8) is 0 Å². The van der Waals surface area contributed by atoms with Crippen molar-refractivity contribution in [3.05, 3.63) is 101 Å². The number of aryl methyl sites for hydroxylation is 1. The van der Waals surface area contributed by atoms with Crippen molar-refractivity contribution in [2.45, 2.75) is 6.92 Å². The van der Waals surface area contributed by atoms with E-state index in [1.165, 1.54) is 6.07 Å². The zero-order valence-corrected chi connectivity index (χ0v) is 14.6. The lowest BCUT2D eigenvalue weighted by Gasteiger charge is -2.09. The van der Waals surface area contributed by atoms with Gasteiger partial charge in [-0.2, -0.15) is 0 Å². The summed E-state index contributed by atoms with van der Waals surface area (Å²) in [4.78, 5) is 26.0. The first-order chi connectivity index (χ1) is 13.1. The van der Waals surface area contributed by atoms with Crippen LogP contribution in [0.5, 0.6) is 5.75 Å². The number of furan rings is 1. The van der Waals surface area contributed by atoms with Crippen LogP contribution in [-0.4, -0.2) is 16.7 Å². The van der Waals surface area contributed by atoms with Gasteiger partial charge in [-0.3, -0.25) is 9.59 Å². The fraction of sp³-hybridized carbons (Fsp3) is 0.0435. The molecule has 0 aliphatic rings. The molecule has 27 heavy (non-hydrogen) atoms. The highest BCUT2D eigenvalue weighted by Gasteiger charge is 2.24. The van der Waals surface area contributed by atoms with Crippen LogP contribution in [0, 0.1) is 6.92 Å². The third kappa shape index (κ3) is 2.91. The van der Waals surface area contributed by atoms with Crippen LogP contribution in [0.3, 0.4) is 0 Å². The van der Waals surface area contributed by atoms with Gasteiger partial charge in [0, 0.05) is 11.1 Å². The van der Waals surface area contributed by atoms with Gasteiger partial charge >= 0.3 is 0 Å². The number of hydrogen-bond acceptors (Lipinski definition) is 4. The Morgan fingerprint density at radius 2 is 1.30 bits per heavy atom. The molecule has 0 bridgehead atoms. The van der Waals surface area contributed by atoms with Crippen molar-refractivity contribution in [3.8, 4) is 5.75 Å². The third-order valence-corrected chi connectivity index (χ3v) is 4.46. The summed E-state index contributed by atoms with van der Waals surface area (Å²) in [5.41, 5.74) is 1.53. The molecule has 0 unspecified atom stereocenters. The number of carbonyl (C=O) groups excluding carboxylic acids is 2. The Bertz CT molecular complexity index is 1160. The topological polar surface area (TPSA) is 67.5 Å². The summed E-state index contributed by atoms with van der Waals surface area (Å²) in [6, 6.07) is 20.5. The van der Waals surface area contributed by atoms with Gasteiger partial charge in [0.2, 0.25) is 0 Å². The lowest BCUT2D eigenvalue weighted by atomic mass is 9.94. The van der Waals surface area contributed by atoms with E-state index in [0.29, 0.717) is 22.3 Å². The van der Waals surface area contributed by atoms with Crippen LogP contribution in [0.1, 0.15) is 37.6 Å². The number of phenols is 1. The van der Waals surface area contributed by atoms with Crippen molar-refractivity contribution in [2.24, 2.45) is 0 Å². The number of phenolic OH excluding ortho intramolecular Hbond substituents is 1. The van der Waals surface area contributed by atoms with Crippen molar-refractivity contribution < 1.29 is 19.1 Å². The van der Waals surface area contributed by atoms with Crippen molar-refractivity contribution in [1.82, 2.24) is 0 Å². The molecule has 1 N–H and O–H groups in total. The van der Waals surface area contributed by atoms with Crippen LogP contribution in [0.2, 0.25) is 0 Å². The second-order valence-electron chi connectivity index (χ2n) is 6.31. The van der Waals surface area contributed by atoms with Crippen molar-refractivity contribution in [2.75, 3.05) is 0 Å². The zero-order valence-electron chi connectivity index (χ0n) is 14.6. The van der Waals surface area contributed by atoms with Gasteiger partial charge in [-0.15, -0.1) is 0 Å². The summed E-state index contributed by atoms with van der Waals surface area (Å²) in [6.07, 6.45) is 0. The molecule has 132 valence electrons. The zero-order chi connectivity index (χ0) is 19.0. The Morgan fingerprint density at radius 1 is 0.778 bits per heavy atom. The number of hydrogen-bond donors (Lipinski definition) is 1. The maximum atomic E-state index is 13.0. The van der Waals surface area contributed by atoms with E-state index in [1.54, 1.807) is 61.5 Å². The molecular formula is C23H16O4. The summed E-state index contributed by atoms with van der Waals surface area (Å²) < 4.78 is 5.67. The Kier molecular flexibility index (Phi) is 4.09. The van der Waals surface area contributed by atoms with Crippen LogP contribution >= 0.6 is 0 Å². The van der Waals surface area contributed by atoms with Crippen molar-refractivity contribution >= 4 is 22.5 Å². The lowest BCUT2D eigenvalue weighted by Crippen LogP contribution is -2.07. The Hall–Kier alpha value is -3.66. The minimum Gasteiger partial charge on any atom is -0.506 e. The highest BCUT2D eigenvalue weighted by atomic mass is 16.3. The van der Waals surface area contributed by atoms with Gasteiger partial charge in [0.1, 0.15) is 17.1 Å². The van der Waals surface area contributed by atoms with Gasteiger partial charge in [-0.05, 0) is 19.1 Å². The average Bonchev–Trinajstić information content (AvgIpc) is 3.11. The van der Waals surface area contributed by atoms with Crippen LogP contribution in [0.25, 0.3) is 11.0 Å². The van der Waals surface area contributed by atoms with Gasteiger partial charge in [-0.25, -0.2) is 0 Å². The van der Waals surface area contributed by atoms with Gasteiger partial charge in [0.05, 0.1) is 16.5 Å². The maximum absolute atomic E-state index is 13.0. The molecule has 0 aliphatic carbocycles. The number of fused-ring (bicyclic) bond motifs is 1. The molecule has 4 nitrogen and oxygen atoms in total. The number of aromatic hydroxyl groups is 1. The van der Waals surface area contributed by atoms with Gasteiger partial charge in [-0.1, -0.05) is 60.7 Å². The highest BCUT2D eigenvalue weighted by Crippen LogP contribution is 2.36. The van der Waals surface area contributed by atoms with Crippen LogP contribution < -0.4 is 0 Å². The fourth-order valence-corrected chi connectivity index (χ4v) is 3.15. The molecule has 0 fully saturated rings. The summed E-state index contributed by atoms with van der Waals surface area (Å²) in [5.74, 6) is -0.250. The number of ketones is 2. The largest absolute Gasteiger partial charge is 0.506 e. The summed E-state index contributed by atoms with van der Waals surface area (Å²) in [6.45, 7) is 1.73. The second-order valence-corrected chi connectivity index (χ2v) is 6.31. The number of carbonyl (C=O) groups is 2. The molecule has 1 aromatic heterocycles.